The van der Waals surface area contributed by atoms with Crippen molar-refractivity contribution in [3.8, 4) is 5.75 Å². The Hall–Kier alpha value is -1.44. The highest BCUT2D eigenvalue weighted by Crippen LogP contribution is 2.28. The van der Waals surface area contributed by atoms with Crippen LogP contribution in [-0.2, 0) is 11.3 Å². The highest BCUT2D eigenvalue weighted by molar-refractivity contribution is 7.99. The molecule has 2 aliphatic rings. The zero-order chi connectivity index (χ0) is 20.8. The predicted octanol–water partition coefficient (Wildman–Crippen LogP) is 4.91. The van der Waals surface area contributed by atoms with Gasteiger partial charge in [-0.15, -0.1) is 10.2 Å². The number of ether oxygens (including phenoxy) is 2. The van der Waals surface area contributed by atoms with Crippen molar-refractivity contribution in [3.63, 3.8) is 0 Å². The van der Waals surface area contributed by atoms with Gasteiger partial charge in [0, 0.05) is 30.5 Å². The average molecular weight is 451 g/mol. The Labute approximate surface area is 188 Å². The van der Waals surface area contributed by atoms with Crippen LogP contribution in [0.25, 0.3) is 0 Å². The lowest BCUT2D eigenvalue weighted by Crippen LogP contribution is -2.35. The largest absolute Gasteiger partial charge is 0.494 e. The third-order valence-electron chi connectivity index (χ3n) is 5.76. The van der Waals surface area contributed by atoms with Gasteiger partial charge >= 0.3 is 0 Å². The number of hydrogen-bond acceptors (Lipinski definition) is 6. The van der Waals surface area contributed by atoms with E-state index in [2.05, 4.69) is 26.6 Å². The second-order valence-corrected chi connectivity index (χ2v) is 9.70. The molecule has 30 heavy (non-hydrogen) atoms. The summed E-state index contributed by atoms with van der Waals surface area (Å²) >= 11 is 7.77. The summed E-state index contributed by atoms with van der Waals surface area (Å²) in [6, 6.07) is 7.54. The van der Waals surface area contributed by atoms with E-state index in [1.54, 1.807) is 11.8 Å². The van der Waals surface area contributed by atoms with E-state index in [-0.39, 0.29) is 6.10 Å². The fraction of sp³-hybridized carbons (Fsp3) is 0.636. The van der Waals surface area contributed by atoms with Gasteiger partial charge < -0.3 is 14.4 Å². The molecule has 6 nitrogen and oxygen atoms in total. The van der Waals surface area contributed by atoms with E-state index in [0.29, 0.717) is 11.6 Å². The summed E-state index contributed by atoms with van der Waals surface area (Å²) in [4.78, 5) is 2.40. The molecule has 1 unspecified atom stereocenters. The molecule has 2 aromatic rings. The first-order valence-electron chi connectivity index (χ1n) is 11.0. The molecule has 0 aliphatic carbocycles. The number of anilines is 1. The topological polar surface area (TPSA) is 52.4 Å². The lowest BCUT2D eigenvalue weighted by atomic mass is 10.00. The minimum Gasteiger partial charge on any atom is -0.494 e. The number of hydrogen-bond donors (Lipinski definition) is 0. The molecular weight excluding hydrogens is 420 g/mol. The van der Waals surface area contributed by atoms with Crippen molar-refractivity contribution in [2.75, 3.05) is 37.0 Å². The number of halogens is 1. The Kier molecular flexibility index (Phi) is 7.79. The van der Waals surface area contributed by atoms with Gasteiger partial charge in [0.1, 0.15) is 5.75 Å². The van der Waals surface area contributed by atoms with Crippen LogP contribution in [0.1, 0.15) is 39.0 Å². The van der Waals surface area contributed by atoms with Crippen LogP contribution in [0, 0.1) is 5.92 Å². The van der Waals surface area contributed by atoms with Crippen LogP contribution in [0.15, 0.2) is 29.4 Å². The van der Waals surface area contributed by atoms with E-state index in [0.717, 1.165) is 74.0 Å². The molecule has 164 valence electrons. The summed E-state index contributed by atoms with van der Waals surface area (Å²) in [6.07, 6.45) is 5.90. The third-order valence-corrected chi connectivity index (χ3v) is 7.05. The normalized spacial score (nSPS) is 20.1. The second-order valence-electron chi connectivity index (χ2n) is 8.21. The monoisotopic (exact) mass is 450 g/mol. The lowest BCUT2D eigenvalue weighted by Gasteiger charge is -2.31. The lowest BCUT2D eigenvalue weighted by molar-refractivity contribution is 0.0951. The highest BCUT2D eigenvalue weighted by atomic mass is 35.5. The molecule has 0 radical (unpaired) electrons. The van der Waals surface area contributed by atoms with Crippen LogP contribution in [0.4, 0.5) is 5.95 Å². The average Bonchev–Trinajstić information content (AvgIpc) is 3.39. The number of aromatic nitrogens is 3. The van der Waals surface area contributed by atoms with E-state index >= 15 is 0 Å². The molecular formula is C22H31ClN4O2S. The van der Waals surface area contributed by atoms with Crippen molar-refractivity contribution in [2.45, 2.75) is 56.8 Å². The third kappa shape index (κ3) is 5.83. The van der Waals surface area contributed by atoms with Crippen LogP contribution in [0.3, 0.4) is 0 Å². The maximum atomic E-state index is 6.01. The number of benzene rings is 1. The first-order chi connectivity index (χ1) is 14.7. The van der Waals surface area contributed by atoms with Gasteiger partial charge in [0.25, 0.3) is 0 Å². The molecule has 1 atom stereocenters. The van der Waals surface area contributed by atoms with Gasteiger partial charge in [-0.3, -0.25) is 4.57 Å². The SMILES string of the molecule is CC1CCN(c2nnc(SCCCOc3cccc(Cl)c3)n2CC2CCCO2)CC1. The van der Waals surface area contributed by atoms with Gasteiger partial charge in [-0.2, -0.15) is 0 Å². The van der Waals surface area contributed by atoms with Crippen molar-refractivity contribution < 1.29 is 9.47 Å². The predicted molar refractivity (Wildman–Crippen MR) is 122 cm³/mol. The molecule has 8 heteroatoms. The Balaban J connectivity index is 1.34. The van der Waals surface area contributed by atoms with E-state index in [9.17, 15) is 0 Å². The van der Waals surface area contributed by atoms with Crippen molar-refractivity contribution in [1.29, 1.82) is 0 Å². The first-order valence-corrected chi connectivity index (χ1v) is 12.4. The summed E-state index contributed by atoms with van der Waals surface area (Å²) in [5, 5.41) is 10.8. The fourth-order valence-electron chi connectivity index (χ4n) is 3.95. The molecule has 4 rings (SSSR count). The van der Waals surface area contributed by atoms with Gasteiger partial charge in [0.15, 0.2) is 5.16 Å². The highest BCUT2D eigenvalue weighted by Gasteiger charge is 2.25. The Morgan fingerprint density at radius 2 is 2.10 bits per heavy atom. The van der Waals surface area contributed by atoms with E-state index in [4.69, 9.17) is 21.1 Å². The number of piperidine rings is 1. The number of rotatable bonds is 9. The standard InChI is InChI=1S/C22H31ClN4O2S/c1-17-8-10-26(11-9-17)21-24-25-22(27(21)16-20-7-3-12-29-20)30-14-4-13-28-19-6-2-5-18(23)15-19/h2,5-6,15,17,20H,3-4,7-14,16H2,1H3. The molecule has 2 saturated heterocycles. The molecule has 0 amide bonds. The van der Waals surface area contributed by atoms with Crippen molar-refractivity contribution >= 4 is 29.3 Å². The first kappa shape index (κ1) is 21.8. The van der Waals surface area contributed by atoms with E-state index < -0.39 is 0 Å². The fourth-order valence-corrected chi connectivity index (χ4v) is 4.99. The minimum atomic E-state index is 0.272. The molecule has 1 aromatic heterocycles. The summed E-state index contributed by atoms with van der Waals surface area (Å²) in [6.45, 7) is 6.82. The maximum Gasteiger partial charge on any atom is 0.228 e. The van der Waals surface area contributed by atoms with Gasteiger partial charge in [0.2, 0.25) is 5.95 Å². The van der Waals surface area contributed by atoms with Gasteiger partial charge in [-0.05, 0) is 56.2 Å². The van der Waals surface area contributed by atoms with E-state index in [1.165, 1.54) is 12.8 Å². The van der Waals surface area contributed by atoms with Crippen LogP contribution < -0.4 is 9.64 Å². The molecule has 3 heterocycles. The van der Waals surface area contributed by atoms with Gasteiger partial charge in [0.05, 0.1) is 19.3 Å². The van der Waals surface area contributed by atoms with E-state index in [1.807, 2.05) is 24.3 Å². The smallest absolute Gasteiger partial charge is 0.228 e. The Morgan fingerprint density at radius 1 is 1.23 bits per heavy atom. The summed E-state index contributed by atoms with van der Waals surface area (Å²) in [5.41, 5.74) is 0. The minimum absolute atomic E-state index is 0.272. The van der Waals surface area contributed by atoms with Crippen molar-refractivity contribution in [3.05, 3.63) is 29.3 Å². The van der Waals surface area contributed by atoms with Gasteiger partial charge in [-0.25, -0.2) is 0 Å². The Bertz CT molecular complexity index is 804. The summed E-state index contributed by atoms with van der Waals surface area (Å²) in [5.74, 6) is 3.55. The molecule has 1 aromatic carbocycles. The Morgan fingerprint density at radius 3 is 2.87 bits per heavy atom. The zero-order valence-electron chi connectivity index (χ0n) is 17.6. The molecule has 0 N–H and O–H groups in total. The number of thioether (sulfide) groups is 1. The van der Waals surface area contributed by atoms with Crippen molar-refractivity contribution in [1.82, 2.24) is 14.8 Å². The molecule has 2 aliphatic heterocycles. The zero-order valence-corrected chi connectivity index (χ0v) is 19.2. The number of nitrogens with zero attached hydrogens (tertiary/aromatic N) is 4. The van der Waals surface area contributed by atoms with Crippen molar-refractivity contribution in [2.24, 2.45) is 5.92 Å². The van der Waals surface area contributed by atoms with Crippen LogP contribution in [0.5, 0.6) is 5.75 Å². The maximum absolute atomic E-state index is 6.01. The molecule has 0 spiro atoms. The second kappa shape index (κ2) is 10.7. The van der Waals surface area contributed by atoms with Crippen LogP contribution >= 0.6 is 23.4 Å². The molecule has 2 fully saturated rings. The van der Waals surface area contributed by atoms with Crippen LogP contribution in [0.2, 0.25) is 5.02 Å². The van der Waals surface area contributed by atoms with Gasteiger partial charge in [-0.1, -0.05) is 36.4 Å². The quantitative estimate of drug-likeness (QED) is 0.399. The summed E-state index contributed by atoms with van der Waals surface area (Å²) in [7, 11) is 0. The summed E-state index contributed by atoms with van der Waals surface area (Å²) < 4.78 is 14.0. The van der Waals surface area contributed by atoms with Crippen LogP contribution in [-0.4, -0.2) is 52.9 Å². The molecule has 0 saturated carbocycles. The molecule has 0 bridgehead atoms.